The Labute approximate surface area is 129 Å². The van der Waals surface area contributed by atoms with Gasteiger partial charge in [-0.1, -0.05) is 6.07 Å². The summed E-state index contributed by atoms with van der Waals surface area (Å²) in [5.41, 5.74) is 0.760. The maximum atomic E-state index is 14.1. The van der Waals surface area contributed by atoms with Crippen LogP contribution in [-0.4, -0.2) is 32.5 Å². The van der Waals surface area contributed by atoms with Crippen LogP contribution in [0.2, 0.25) is 0 Å². The first-order valence-electron chi connectivity index (χ1n) is 6.95. The molecule has 21 heavy (non-hydrogen) atoms. The number of rotatable bonds is 8. The minimum Gasteiger partial charge on any atom is -0.310 e. The van der Waals surface area contributed by atoms with E-state index in [1.165, 1.54) is 23.9 Å². The van der Waals surface area contributed by atoms with Gasteiger partial charge in [0.05, 0.1) is 0 Å². The molecule has 0 bridgehead atoms. The van der Waals surface area contributed by atoms with Gasteiger partial charge in [-0.3, -0.25) is 0 Å². The van der Waals surface area contributed by atoms with Crippen molar-refractivity contribution in [2.24, 2.45) is 0 Å². The summed E-state index contributed by atoms with van der Waals surface area (Å²) in [4.78, 5) is -0.286. The molecule has 2 N–H and O–H groups in total. The average Bonchev–Trinajstić information content (AvgIpc) is 3.19. The van der Waals surface area contributed by atoms with Gasteiger partial charge in [-0.15, -0.1) is 0 Å². The van der Waals surface area contributed by atoms with Crippen LogP contribution in [0.3, 0.4) is 0 Å². The van der Waals surface area contributed by atoms with Gasteiger partial charge in [-0.25, -0.2) is 17.5 Å². The van der Waals surface area contributed by atoms with Gasteiger partial charge in [0.2, 0.25) is 10.0 Å². The highest BCUT2D eigenvalue weighted by atomic mass is 32.2. The number of thioether (sulfide) groups is 1. The van der Waals surface area contributed by atoms with Crippen molar-refractivity contribution < 1.29 is 12.8 Å². The predicted molar refractivity (Wildman–Crippen MR) is 84.4 cm³/mol. The Morgan fingerprint density at radius 3 is 2.71 bits per heavy atom. The lowest BCUT2D eigenvalue weighted by Gasteiger charge is -2.14. The molecule has 4 nitrogen and oxygen atoms in total. The van der Waals surface area contributed by atoms with Crippen LogP contribution >= 0.6 is 11.8 Å². The smallest absolute Gasteiger partial charge is 0.243 e. The normalized spacial score (nSPS) is 16.9. The molecule has 1 atom stereocenters. The second-order valence-electron chi connectivity index (χ2n) is 5.40. The molecule has 1 aromatic rings. The Bertz CT molecular complexity index is 589. The van der Waals surface area contributed by atoms with E-state index in [0.29, 0.717) is 18.3 Å². The number of benzene rings is 1. The summed E-state index contributed by atoms with van der Waals surface area (Å²) in [6.07, 6.45) is 4.21. The number of hydrogen-bond donors (Lipinski definition) is 2. The molecule has 1 aliphatic rings. The lowest BCUT2D eigenvalue weighted by molar-refractivity contribution is 0.548. The fourth-order valence-corrected chi connectivity index (χ4v) is 4.03. The van der Waals surface area contributed by atoms with Crippen LogP contribution in [0.1, 0.15) is 25.3 Å². The van der Waals surface area contributed by atoms with E-state index >= 15 is 0 Å². The van der Waals surface area contributed by atoms with Gasteiger partial charge in [-0.2, -0.15) is 11.8 Å². The fourth-order valence-electron chi connectivity index (χ4n) is 2.03. The zero-order valence-electron chi connectivity index (χ0n) is 12.2. The molecule has 2 rings (SSSR count). The summed E-state index contributed by atoms with van der Waals surface area (Å²) in [7, 11) is -3.81. The van der Waals surface area contributed by atoms with E-state index in [4.69, 9.17) is 0 Å². The van der Waals surface area contributed by atoms with Crippen LogP contribution in [0.4, 0.5) is 4.39 Å². The molecule has 0 saturated heterocycles. The lowest BCUT2D eigenvalue weighted by atomic mass is 10.2. The highest BCUT2D eigenvalue weighted by Crippen LogP contribution is 2.21. The zero-order chi connectivity index (χ0) is 15.5. The van der Waals surface area contributed by atoms with Gasteiger partial charge < -0.3 is 5.32 Å². The van der Waals surface area contributed by atoms with Crippen molar-refractivity contribution in [3.63, 3.8) is 0 Å². The third kappa shape index (κ3) is 4.95. The SMILES string of the molecule is CSCC(C)NS(=O)(=O)c1ccc(CNC2CC2)cc1F. The van der Waals surface area contributed by atoms with Gasteiger partial charge >= 0.3 is 0 Å². The molecule has 0 heterocycles. The van der Waals surface area contributed by atoms with Crippen LogP contribution in [0, 0.1) is 5.82 Å². The largest absolute Gasteiger partial charge is 0.310 e. The van der Waals surface area contributed by atoms with Crippen molar-refractivity contribution in [1.82, 2.24) is 10.0 Å². The summed E-state index contributed by atoms with van der Waals surface area (Å²) >= 11 is 1.54. The minimum atomic E-state index is -3.81. The second kappa shape index (κ2) is 7.09. The summed E-state index contributed by atoms with van der Waals surface area (Å²) in [6, 6.07) is 4.59. The standard InChI is InChI=1S/C14H21FN2O2S2/c1-10(9-20-2)17-21(18,19)14-6-3-11(7-13(14)15)8-16-12-4-5-12/h3,6-7,10,12,16-17H,4-5,8-9H2,1-2H3. The molecule has 0 aliphatic heterocycles. The third-order valence-electron chi connectivity index (χ3n) is 3.23. The van der Waals surface area contributed by atoms with Crippen LogP contribution in [0.15, 0.2) is 23.1 Å². The molecule has 1 fully saturated rings. The van der Waals surface area contributed by atoms with E-state index in [-0.39, 0.29) is 10.9 Å². The maximum Gasteiger partial charge on any atom is 0.243 e. The quantitative estimate of drug-likeness (QED) is 0.765. The van der Waals surface area contributed by atoms with E-state index in [9.17, 15) is 12.8 Å². The Balaban J connectivity index is 2.07. The number of nitrogens with one attached hydrogen (secondary N) is 2. The number of halogens is 1. The first kappa shape index (κ1) is 16.7. The van der Waals surface area contributed by atoms with Crippen molar-refractivity contribution in [2.75, 3.05) is 12.0 Å². The van der Waals surface area contributed by atoms with Crippen LogP contribution in [0.25, 0.3) is 0 Å². The molecule has 0 radical (unpaired) electrons. The second-order valence-corrected chi connectivity index (χ2v) is 7.99. The van der Waals surface area contributed by atoms with Crippen LogP contribution < -0.4 is 10.0 Å². The number of sulfonamides is 1. The van der Waals surface area contributed by atoms with Gasteiger partial charge in [0.1, 0.15) is 10.7 Å². The van der Waals surface area contributed by atoms with E-state index < -0.39 is 15.8 Å². The summed E-state index contributed by atoms with van der Waals surface area (Å²) in [5, 5.41) is 3.27. The van der Waals surface area contributed by atoms with Crippen molar-refractivity contribution in [2.45, 2.75) is 43.3 Å². The predicted octanol–water partition coefficient (Wildman–Crippen LogP) is 2.11. The van der Waals surface area contributed by atoms with E-state index in [1.54, 1.807) is 13.0 Å². The van der Waals surface area contributed by atoms with Crippen LogP contribution in [-0.2, 0) is 16.6 Å². The van der Waals surface area contributed by atoms with E-state index in [2.05, 4.69) is 10.0 Å². The first-order chi connectivity index (χ1) is 9.92. The molecule has 7 heteroatoms. The minimum absolute atomic E-state index is 0.236. The highest BCUT2D eigenvalue weighted by Gasteiger charge is 2.23. The third-order valence-corrected chi connectivity index (χ3v) is 5.69. The molecule has 0 aromatic heterocycles. The molecule has 0 spiro atoms. The van der Waals surface area contributed by atoms with Crippen LogP contribution in [0.5, 0.6) is 0 Å². The molecule has 118 valence electrons. The maximum absolute atomic E-state index is 14.1. The lowest BCUT2D eigenvalue weighted by Crippen LogP contribution is -2.34. The highest BCUT2D eigenvalue weighted by molar-refractivity contribution is 7.98. The van der Waals surface area contributed by atoms with Crippen molar-refractivity contribution in [1.29, 1.82) is 0 Å². The zero-order valence-corrected chi connectivity index (χ0v) is 13.9. The van der Waals surface area contributed by atoms with Gasteiger partial charge in [0.25, 0.3) is 0 Å². The van der Waals surface area contributed by atoms with E-state index in [0.717, 1.165) is 18.4 Å². The molecule has 1 aromatic carbocycles. The monoisotopic (exact) mass is 332 g/mol. The van der Waals surface area contributed by atoms with Gasteiger partial charge in [0.15, 0.2) is 0 Å². The molecule has 0 amide bonds. The summed E-state index contributed by atoms with van der Waals surface area (Å²) in [5.74, 6) is -0.0570. The summed E-state index contributed by atoms with van der Waals surface area (Å²) < 4.78 is 40.9. The van der Waals surface area contributed by atoms with Crippen molar-refractivity contribution >= 4 is 21.8 Å². The molecule has 1 unspecified atom stereocenters. The molecular weight excluding hydrogens is 311 g/mol. The number of hydrogen-bond acceptors (Lipinski definition) is 4. The average molecular weight is 332 g/mol. The van der Waals surface area contributed by atoms with Gasteiger partial charge in [0, 0.05) is 24.4 Å². The van der Waals surface area contributed by atoms with Gasteiger partial charge in [-0.05, 0) is 43.7 Å². The first-order valence-corrected chi connectivity index (χ1v) is 9.83. The van der Waals surface area contributed by atoms with Crippen molar-refractivity contribution in [3.8, 4) is 0 Å². The van der Waals surface area contributed by atoms with E-state index in [1.807, 2.05) is 6.26 Å². The molecular formula is C14H21FN2O2S2. The van der Waals surface area contributed by atoms with Crippen molar-refractivity contribution in [3.05, 3.63) is 29.6 Å². The summed E-state index contributed by atoms with van der Waals surface area (Å²) in [6.45, 7) is 2.33. The molecule has 1 saturated carbocycles. The Morgan fingerprint density at radius 1 is 1.43 bits per heavy atom. The Kier molecular flexibility index (Phi) is 5.65. The fraction of sp³-hybridized carbons (Fsp3) is 0.571. The topological polar surface area (TPSA) is 58.2 Å². The molecule has 1 aliphatic carbocycles. The Morgan fingerprint density at radius 2 is 2.14 bits per heavy atom. The Hall–Kier alpha value is -0.630.